The number of nitrogens with two attached hydrogens (primary N) is 1. The summed E-state index contributed by atoms with van der Waals surface area (Å²) in [5, 5.41) is 0. The van der Waals surface area contributed by atoms with E-state index in [1.54, 1.807) is 12.1 Å². The summed E-state index contributed by atoms with van der Waals surface area (Å²) in [5.74, 6) is 2.13. The molecule has 4 nitrogen and oxygen atoms in total. The van der Waals surface area contributed by atoms with Crippen LogP contribution in [-0.4, -0.2) is 11.6 Å². The summed E-state index contributed by atoms with van der Waals surface area (Å²) in [6.07, 6.45) is 0.817. The molecule has 1 heterocycles. The fourth-order valence-corrected chi connectivity index (χ4v) is 1.97. The van der Waals surface area contributed by atoms with E-state index in [1.807, 2.05) is 32.0 Å². The number of nitrogen functional groups attached to an aromatic ring is 1. The number of anilines is 1. The molecule has 0 spiro atoms. The number of aryl methyl sites for hydroxylation is 2. The molecule has 0 saturated heterocycles. The Bertz CT molecular complexity index is 597. The van der Waals surface area contributed by atoms with E-state index in [4.69, 9.17) is 15.2 Å². The maximum atomic E-state index is 5.90. The van der Waals surface area contributed by atoms with Gasteiger partial charge in [-0.1, -0.05) is 6.92 Å². The summed E-state index contributed by atoms with van der Waals surface area (Å²) in [7, 11) is 0. The fourth-order valence-electron chi connectivity index (χ4n) is 1.97. The topological polar surface area (TPSA) is 57.4 Å². The SMILES string of the molecule is CCOc1cc(N)cc(Oc2ccc(C)nc2CC)c1. The van der Waals surface area contributed by atoms with Crippen LogP contribution < -0.4 is 15.2 Å². The number of aromatic nitrogens is 1. The lowest BCUT2D eigenvalue weighted by molar-refractivity contribution is 0.338. The van der Waals surface area contributed by atoms with Crippen LogP contribution in [0.5, 0.6) is 17.2 Å². The number of hydrogen-bond acceptors (Lipinski definition) is 4. The van der Waals surface area contributed by atoms with Crippen molar-refractivity contribution in [1.29, 1.82) is 0 Å². The van der Waals surface area contributed by atoms with Gasteiger partial charge in [0.25, 0.3) is 0 Å². The maximum absolute atomic E-state index is 5.90. The van der Waals surface area contributed by atoms with Crippen LogP contribution in [0.1, 0.15) is 25.2 Å². The molecule has 0 bridgehead atoms. The third-order valence-corrected chi connectivity index (χ3v) is 2.85. The molecule has 0 saturated carbocycles. The number of benzene rings is 1. The Hall–Kier alpha value is -2.23. The highest BCUT2D eigenvalue weighted by molar-refractivity contribution is 5.51. The van der Waals surface area contributed by atoms with Crippen LogP contribution in [0.4, 0.5) is 5.69 Å². The second kappa shape index (κ2) is 6.28. The van der Waals surface area contributed by atoms with Gasteiger partial charge in [0.2, 0.25) is 0 Å². The van der Waals surface area contributed by atoms with Gasteiger partial charge < -0.3 is 15.2 Å². The highest BCUT2D eigenvalue weighted by atomic mass is 16.5. The van der Waals surface area contributed by atoms with Crippen LogP contribution >= 0.6 is 0 Å². The van der Waals surface area contributed by atoms with Crippen LogP contribution in [0, 0.1) is 6.92 Å². The summed E-state index contributed by atoms with van der Waals surface area (Å²) < 4.78 is 11.4. The number of hydrogen-bond donors (Lipinski definition) is 1. The molecule has 0 atom stereocenters. The highest BCUT2D eigenvalue weighted by Gasteiger charge is 2.07. The van der Waals surface area contributed by atoms with Crippen LogP contribution in [-0.2, 0) is 6.42 Å². The summed E-state index contributed by atoms with van der Waals surface area (Å²) in [6.45, 7) is 6.55. The highest BCUT2D eigenvalue weighted by Crippen LogP contribution is 2.30. The molecule has 0 radical (unpaired) electrons. The Labute approximate surface area is 119 Å². The van der Waals surface area contributed by atoms with Gasteiger partial charge in [0.05, 0.1) is 12.3 Å². The Morgan fingerprint density at radius 1 is 1.10 bits per heavy atom. The molecule has 1 aromatic carbocycles. The normalized spacial score (nSPS) is 10.3. The first-order valence-electron chi connectivity index (χ1n) is 6.80. The lowest BCUT2D eigenvalue weighted by Crippen LogP contribution is -1.98. The van der Waals surface area contributed by atoms with Crippen molar-refractivity contribution in [3.05, 3.63) is 41.7 Å². The quantitative estimate of drug-likeness (QED) is 0.843. The molecule has 2 rings (SSSR count). The molecule has 4 heteroatoms. The lowest BCUT2D eigenvalue weighted by atomic mass is 10.2. The van der Waals surface area contributed by atoms with Crippen molar-refractivity contribution in [2.45, 2.75) is 27.2 Å². The first-order valence-corrected chi connectivity index (χ1v) is 6.80. The molecule has 0 aliphatic heterocycles. The number of nitrogens with zero attached hydrogens (tertiary/aromatic N) is 1. The van der Waals surface area contributed by atoms with E-state index in [2.05, 4.69) is 11.9 Å². The smallest absolute Gasteiger partial charge is 0.148 e. The van der Waals surface area contributed by atoms with Crippen molar-refractivity contribution in [3.8, 4) is 17.2 Å². The minimum absolute atomic E-state index is 0.592. The fraction of sp³-hybridized carbons (Fsp3) is 0.312. The lowest BCUT2D eigenvalue weighted by Gasteiger charge is -2.12. The zero-order valence-corrected chi connectivity index (χ0v) is 12.1. The van der Waals surface area contributed by atoms with Crippen LogP contribution in [0.3, 0.4) is 0 Å². The molecule has 106 valence electrons. The van der Waals surface area contributed by atoms with Crippen LogP contribution in [0.25, 0.3) is 0 Å². The van der Waals surface area contributed by atoms with Gasteiger partial charge in [-0.05, 0) is 32.4 Å². The molecule has 0 aliphatic carbocycles. The largest absolute Gasteiger partial charge is 0.494 e. The zero-order valence-electron chi connectivity index (χ0n) is 12.1. The maximum Gasteiger partial charge on any atom is 0.148 e. The molecule has 0 fully saturated rings. The molecule has 2 N–H and O–H groups in total. The second-order valence-corrected chi connectivity index (χ2v) is 4.52. The third-order valence-electron chi connectivity index (χ3n) is 2.85. The monoisotopic (exact) mass is 272 g/mol. The van der Waals surface area contributed by atoms with E-state index in [1.165, 1.54) is 0 Å². The summed E-state index contributed by atoms with van der Waals surface area (Å²) in [4.78, 5) is 4.48. The van der Waals surface area contributed by atoms with Crippen molar-refractivity contribution >= 4 is 5.69 Å². The van der Waals surface area contributed by atoms with Gasteiger partial charge in [0.1, 0.15) is 17.2 Å². The van der Waals surface area contributed by atoms with Gasteiger partial charge in [0.15, 0.2) is 0 Å². The Morgan fingerprint density at radius 2 is 1.85 bits per heavy atom. The van der Waals surface area contributed by atoms with E-state index < -0.39 is 0 Å². The number of pyridine rings is 1. The first kappa shape index (κ1) is 14.2. The summed E-state index contributed by atoms with van der Waals surface area (Å²) in [5.41, 5.74) is 8.40. The van der Waals surface area contributed by atoms with Crippen molar-refractivity contribution in [2.75, 3.05) is 12.3 Å². The van der Waals surface area contributed by atoms with Crippen molar-refractivity contribution in [2.24, 2.45) is 0 Å². The molecule has 0 amide bonds. The van der Waals surface area contributed by atoms with Crippen LogP contribution in [0.2, 0.25) is 0 Å². The van der Waals surface area contributed by atoms with Gasteiger partial charge in [-0.25, -0.2) is 0 Å². The van der Waals surface area contributed by atoms with Crippen molar-refractivity contribution in [1.82, 2.24) is 4.98 Å². The zero-order chi connectivity index (χ0) is 14.5. The van der Waals surface area contributed by atoms with Crippen molar-refractivity contribution < 1.29 is 9.47 Å². The molecular formula is C16H20N2O2. The van der Waals surface area contributed by atoms with E-state index >= 15 is 0 Å². The number of ether oxygens (including phenoxy) is 2. The van der Waals surface area contributed by atoms with E-state index in [9.17, 15) is 0 Å². The Balaban J connectivity index is 2.29. The second-order valence-electron chi connectivity index (χ2n) is 4.52. The molecule has 2 aromatic rings. The van der Waals surface area contributed by atoms with Gasteiger partial charge in [-0.15, -0.1) is 0 Å². The Kier molecular flexibility index (Phi) is 4.45. The molecule has 1 aromatic heterocycles. The average molecular weight is 272 g/mol. The van der Waals surface area contributed by atoms with Gasteiger partial charge in [-0.2, -0.15) is 0 Å². The van der Waals surface area contributed by atoms with Crippen LogP contribution in [0.15, 0.2) is 30.3 Å². The summed E-state index contributed by atoms with van der Waals surface area (Å²) in [6, 6.07) is 9.26. The number of rotatable bonds is 5. The van der Waals surface area contributed by atoms with Crippen molar-refractivity contribution in [3.63, 3.8) is 0 Å². The Morgan fingerprint density at radius 3 is 2.55 bits per heavy atom. The molecule has 20 heavy (non-hydrogen) atoms. The molecular weight excluding hydrogens is 252 g/mol. The predicted molar refractivity (Wildman–Crippen MR) is 80.4 cm³/mol. The molecule has 0 aliphatic rings. The van der Waals surface area contributed by atoms with E-state index in [0.717, 1.165) is 23.6 Å². The van der Waals surface area contributed by atoms with Gasteiger partial charge >= 0.3 is 0 Å². The predicted octanol–water partition coefficient (Wildman–Crippen LogP) is 3.73. The molecule has 0 unspecified atom stereocenters. The minimum atomic E-state index is 0.592. The summed E-state index contributed by atoms with van der Waals surface area (Å²) >= 11 is 0. The van der Waals surface area contributed by atoms with Gasteiger partial charge in [0, 0.05) is 29.6 Å². The van der Waals surface area contributed by atoms with E-state index in [-0.39, 0.29) is 0 Å². The minimum Gasteiger partial charge on any atom is -0.494 e. The average Bonchev–Trinajstić information content (AvgIpc) is 2.40. The standard InChI is InChI=1S/C16H20N2O2/c1-4-15-16(7-6-11(3)18-15)20-14-9-12(17)8-13(10-14)19-5-2/h6-10H,4-5,17H2,1-3H3. The third kappa shape index (κ3) is 3.41. The van der Waals surface area contributed by atoms with E-state index in [0.29, 0.717) is 23.8 Å². The van der Waals surface area contributed by atoms with Gasteiger partial charge in [-0.3, -0.25) is 4.98 Å². The first-order chi connectivity index (χ1) is 9.62.